The first-order chi connectivity index (χ1) is 11.1. The molecule has 23 heavy (non-hydrogen) atoms. The van der Waals surface area contributed by atoms with Crippen LogP contribution in [-0.4, -0.2) is 32.5 Å². The summed E-state index contributed by atoms with van der Waals surface area (Å²) >= 11 is 6.13. The molecule has 8 heteroatoms. The molecule has 1 saturated heterocycles. The highest BCUT2D eigenvalue weighted by atomic mass is 35.5. The smallest absolute Gasteiger partial charge is 0.328 e. The molecule has 0 saturated carbocycles. The third-order valence-electron chi connectivity index (χ3n) is 3.92. The molecule has 1 aromatic carbocycles. The molecule has 118 valence electrons. The summed E-state index contributed by atoms with van der Waals surface area (Å²) in [5, 5.41) is 15.6. The molecule has 1 amide bonds. The number of nitrogens with zero attached hydrogens (tertiary/aromatic N) is 3. The molecule has 0 radical (unpaired) electrons. The molecular weight excluding hydrogens is 318 g/mol. The molecule has 0 aliphatic carbocycles. The minimum absolute atomic E-state index is 0.263. The van der Waals surface area contributed by atoms with E-state index in [9.17, 15) is 9.59 Å². The number of carbonyl (C=O) groups excluding carboxylic acids is 1. The Hall–Kier alpha value is -2.59. The Morgan fingerprint density at radius 1 is 1.43 bits per heavy atom. The summed E-state index contributed by atoms with van der Waals surface area (Å²) in [5.74, 6) is 0.177. The van der Waals surface area contributed by atoms with Gasteiger partial charge in [-0.25, -0.2) is 9.89 Å². The zero-order chi connectivity index (χ0) is 16.4. The maximum Gasteiger partial charge on any atom is 0.340 e. The number of likely N-dealkylation sites (tertiary alicyclic amines) is 1. The fourth-order valence-electron chi connectivity index (χ4n) is 2.81. The first-order valence-electron chi connectivity index (χ1n) is 7.25. The molecule has 2 aromatic rings. The first-order valence-corrected chi connectivity index (χ1v) is 7.63. The molecular formula is C15H14ClN5O2. The van der Waals surface area contributed by atoms with Crippen molar-refractivity contribution in [2.24, 2.45) is 0 Å². The molecule has 0 bridgehead atoms. The fraction of sp³-hybridized carbons (Fsp3) is 0.333. The number of halogens is 1. The van der Waals surface area contributed by atoms with Crippen LogP contribution in [-0.2, 0) is 0 Å². The summed E-state index contributed by atoms with van der Waals surface area (Å²) < 4.78 is 0. The van der Waals surface area contributed by atoms with Crippen molar-refractivity contribution in [1.29, 1.82) is 5.26 Å². The van der Waals surface area contributed by atoms with Gasteiger partial charge in [0.1, 0.15) is 0 Å². The van der Waals surface area contributed by atoms with E-state index in [0.717, 1.165) is 12.8 Å². The summed E-state index contributed by atoms with van der Waals surface area (Å²) in [6.45, 7) is 0.547. The van der Waals surface area contributed by atoms with Gasteiger partial charge in [0.25, 0.3) is 5.91 Å². The lowest BCUT2D eigenvalue weighted by molar-refractivity contribution is 0.0600. The van der Waals surface area contributed by atoms with Crippen molar-refractivity contribution in [3.05, 3.63) is 50.7 Å². The molecule has 0 unspecified atom stereocenters. The van der Waals surface area contributed by atoms with E-state index in [1.807, 2.05) is 6.07 Å². The first kappa shape index (κ1) is 15.3. The van der Waals surface area contributed by atoms with E-state index in [4.69, 9.17) is 16.9 Å². The number of aromatic nitrogens is 3. The van der Waals surface area contributed by atoms with Crippen molar-refractivity contribution >= 4 is 17.5 Å². The predicted octanol–water partition coefficient (Wildman–Crippen LogP) is 1.99. The number of nitriles is 1. The van der Waals surface area contributed by atoms with E-state index in [0.29, 0.717) is 29.4 Å². The summed E-state index contributed by atoms with van der Waals surface area (Å²) in [6.07, 6.45) is 2.52. The van der Waals surface area contributed by atoms with Gasteiger partial charge in [-0.3, -0.25) is 9.78 Å². The third kappa shape index (κ3) is 2.98. The van der Waals surface area contributed by atoms with Crippen molar-refractivity contribution in [2.45, 2.75) is 25.3 Å². The normalized spacial score (nSPS) is 17.7. The maximum atomic E-state index is 12.9. The molecule has 1 aliphatic rings. The minimum Gasteiger partial charge on any atom is -0.328 e. The Kier molecular flexibility index (Phi) is 4.17. The molecule has 1 aliphatic heterocycles. The van der Waals surface area contributed by atoms with E-state index in [1.54, 1.807) is 17.0 Å². The van der Waals surface area contributed by atoms with Gasteiger partial charge in [0.15, 0.2) is 5.82 Å². The van der Waals surface area contributed by atoms with Crippen molar-refractivity contribution in [1.82, 2.24) is 20.1 Å². The molecule has 1 fully saturated rings. The van der Waals surface area contributed by atoms with Crippen molar-refractivity contribution < 1.29 is 4.79 Å². The average Bonchev–Trinajstić information content (AvgIpc) is 3.01. The summed E-state index contributed by atoms with van der Waals surface area (Å²) in [7, 11) is 0. The number of hydrogen-bond donors (Lipinski definition) is 2. The van der Waals surface area contributed by atoms with Crippen LogP contribution in [0.4, 0.5) is 0 Å². The Balaban J connectivity index is 1.96. The third-order valence-corrected chi connectivity index (χ3v) is 4.25. The van der Waals surface area contributed by atoms with Gasteiger partial charge in [-0.1, -0.05) is 11.6 Å². The highest BCUT2D eigenvalue weighted by Crippen LogP contribution is 2.31. The highest BCUT2D eigenvalue weighted by molar-refractivity contribution is 6.33. The van der Waals surface area contributed by atoms with Gasteiger partial charge >= 0.3 is 5.69 Å². The molecule has 7 nitrogen and oxygen atoms in total. The van der Waals surface area contributed by atoms with Crippen molar-refractivity contribution in [3.8, 4) is 6.07 Å². The van der Waals surface area contributed by atoms with Gasteiger partial charge in [0, 0.05) is 6.54 Å². The second kappa shape index (κ2) is 6.26. The number of hydrogen-bond acceptors (Lipinski definition) is 4. The van der Waals surface area contributed by atoms with Crippen LogP contribution in [0.5, 0.6) is 0 Å². The van der Waals surface area contributed by atoms with Crippen LogP contribution in [0.25, 0.3) is 0 Å². The lowest BCUT2D eigenvalue weighted by atomic mass is 9.99. The largest absolute Gasteiger partial charge is 0.340 e. The number of carbonyl (C=O) groups is 1. The molecule has 2 N–H and O–H groups in total. The maximum absolute atomic E-state index is 12.9. The Morgan fingerprint density at radius 2 is 2.26 bits per heavy atom. The van der Waals surface area contributed by atoms with Crippen molar-refractivity contribution in [3.63, 3.8) is 0 Å². The van der Waals surface area contributed by atoms with Crippen LogP contribution in [0.1, 0.15) is 47.1 Å². The fourth-order valence-corrected chi connectivity index (χ4v) is 3.01. The summed E-state index contributed by atoms with van der Waals surface area (Å²) in [4.78, 5) is 28.4. The van der Waals surface area contributed by atoms with Gasteiger partial charge in [0.05, 0.1) is 28.3 Å². The van der Waals surface area contributed by atoms with E-state index >= 15 is 0 Å². The summed E-state index contributed by atoms with van der Waals surface area (Å²) in [5.41, 5.74) is 0.262. The van der Waals surface area contributed by atoms with Crippen LogP contribution < -0.4 is 5.69 Å². The lowest BCUT2D eigenvalue weighted by Gasteiger charge is -2.34. The number of amides is 1. The van der Waals surface area contributed by atoms with E-state index in [2.05, 4.69) is 15.2 Å². The van der Waals surface area contributed by atoms with E-state index in [1.165, 1.54) is 6.07 Å². The Morgan fingerprint density at radius 3 is 2.96 bits per heavy atom. The second-order valence-electron chi connectivity index (χ2n) is 5.38. The average molecular weight is 332 g/mol. The number of aromatic amines is 2. The number of rotatable bonds is 2. The number of H-pyrrole nitrogens is 2. The SMILES string of the molecule is N#Cc1ccc(Cl)c(C(=O)N2CCCC[C@H]2c2n[nH]c(=O)[nH]2)c1. The van der Waals surface area contributed by atoms with Gasteiger partial charge in [-0.2, -0.15) is 10.4 Å². The van der Waals surface area contributed by atoms with Gasteiger partial charge in [0.2, 0.25) is 0 Å². The zero-order valence-electron chi connectivity index (χ0n) is 12.2. The van der Waals surface area contributed by atoms with Crippen molar-refractivity contribution in [2.75, 3.05) is 6.54 Å². The number of piperidine rings is 1. The zero-order valence-corrected chi connectivity index (χ0v) is 12.9. The lowest BCUT2D eigenvalue weighted by Crippen LogP contribution is -2.39. The molecule has 0 spiro atoms. The highest BCUT2D eigenvalue weighted by Gasteiger charge is 2.31. The topological polar surface area (TPSA) is 106 Å². The quantitative estimate of drug-likeness (QED) is 0.877. The standard InChI is InChI=1S/C15H14ClN5O2/c16-11-5-4-9(8-17)7-10(11)14(22)21-6-2-1-3-12(21)13-18-15(23)20-19-13/h4-5,7,12H,1-3,6H2,(H2,18,19,20,23)/t12-/m0/s1. The van der Waals surface area contributed by atoms with E-state index in [-0.39, 0.29) is 17.5 Å². The predicted molar refractivity (Wildman–Crippen MR) is 83.0 cm³/mol. The van der Waals surface area contributed by atoms with Crippen LogP contribution in [0, 0.1) is 11.3 Å². The Bertz CT molecular complexity index is 835. The second-order valence-corrected chi connectivity index (χ2v) is 5.79. The molecule has 1 atom stereocenters. The molecule has 1 aromatic heterocycles. The molecule has 2 heterocycles. The van der Waals surface area contributed by atoms with Gasteiger partial charge in [-0.05, 0) is 37.5 Å². The van der Waals surface area contributed by atoms with Gasteiger partial charge < -0.3 is 4.90 Å². The van der Waals surface area contributed by atoms with Crippen LogP contribution in [0.15, 0.2) is 23.0 Å². The van der Waals surface area contributed by atoms with Crippen LogP contribution in [0.2, 0.25) is 5.02 Å². The number of nitrogens with one attached hydrogen (secondary N) is 2. The monoisotopic (exact) mass is 331 g/mol. The Labute approximate surface area is 136 Å². The number of benzene rings is 1. The molecule has 3 rings (SSSR count). The van der Waals surface area contributed by atoms with Crippen LogP contribution in [0.3, 0.4) is 0 Å². The van der Waals surface area contributed by atoms with E-state index < -0.39 is 5.69 Å². The van der Waals surface area contributed by atoms with Crippen LogP contribution >= 0.6 is 11.6 Å². The summed E-state index contributed by atoms with van der Waals surface area (Å²) in [6, 6.07) is 6.30. The van der Waals surface area contributed by atoms with Gasteiger partial charge in [-0.15, -0.1) is 0 Å². The minimum atomic E-state index is -0.400.